The Morgan fingerprint density at radius 2 is 1.21 bits per heavy atom. The first-order chi connectivity index (χ1) is 11.8. The Morgan fingerprint density at radius 1 is 0.708 bits per heavy atom. The molecule has 1 amide bonds. The third-order valence-electron chi connectivity index (χ3n) is 4.26. The number of nitrogens with one attached hydrogen (secondary N) is 1. The average molecular weight is 340 g/mol. The first-order valence-electron chi connectivity index (χ1n) is 10.1. The van der Waals surface area contributed by atoms with Gasteiger partial charge in [0.2, 0.25) is 5.91 Å². The summed E-state index contributed by atoms with van der Waals surface area (Å²) in [5.74, 6) is -0.169. The van der Waals surface area contributed by atoms with Crippen LogP contribution in [0.2, 0.25) is 0 Å². The van der Waals surface area contributed by atoms with Gasteiger partial charge < -0.3 is 16.8 Å². The highest BCUT2D eigenvalue weighted by molar-refractivity contribution is 5.73. The van der Waals surface area contributed by atoms with Crippen LogP contribution in [0.1, 0.15) is 89.9 Å². The number of unbranched alkanes of at least 4 members (excludes halogenated alkanes) is 11. The predicted octanol–water partition coefficient (Wildman–Crippen LogP) is 4.04. The topological polar surface area (TPSA) is 81.1 Å². The van der Waals surface area contributed by atoms with E-state index in [9.17, 15) is 4.79 Å². The molecule has 0 aliphatic carbocycles. The molecule has 0 radical (unpaired) electrons. The summed E-state index contributed by atoms with van der Waals surface area (Å²) in [6.45, 7) is 2.80. The zero-order valence-corrected chi connectivity index (χ0v) is 15.7. The maximum Gasteiger partial charge on any atom is 0.217 e. The standard InChI is InChI=1S/C20H41N3O/c21-17-19-23-18-15-13-11-9-7-5-3-1-2-4-6-8-10-12-14-16-20(22)24/h1-2,23H,3-19,21H2,(H2,22,24). The molecule has 0 aromatic rings. The number of carbonyl (C=O) groups excluding carboxylic acids is 1. The lowest BCUT2D eigenvalue weighted by molar-refractivity contribution is -0.118. The number of carbonyl (C=O) groups is 1. The smallest absolute Gasteiger partial charge is 0.217 e. The normalized spacial score (nSPS) is 11.4. The van der Waals surface area contributed by atoms with Crippen LogP contribution in [-0.2, 0) is 4.79 Å². The van der Waals surface area contributed by atoms with E-state index in [4.69, 9.17) is 11.5 Å². The Morgan fingerprint density at radius 3 is 1.75 bits per heavy atom. The lowest BCUT2D eigenvalue weighted by Crippen LogP contribution is -2.23. The van der Waals surface area contributed by atoms with Crippen LogP contribution in [0.4, 0.5) is 0 Å². The molecule has 0 aliphatic heterocycles. The highest BCUT2D eigenvalue weighted by atomic mass is 16.1. The third kappa shape index (κ3) is 21.1. The van der Waals surface area contributed by atoms with Crippen molar-refractivity contribution in [2.75, 3.05) is 19.6 Å². The van der Waals surface area contributed by atoms with Crippen molar-refractivity contribution in [1.82, 2.24) is 5.32 Å². The van der Waals surface area contributed by atoms with Gasteiger partial charge in [0.25, 0.3) is 0 Å². The molecule has 0 saturated carbocycles. The molecule has 0 aliphatic rings. The van der Waals surface area contributed by atoms with Gasteiger partial charge in [0, 0.05) is 19.5 Å². The second-order valence-electron chi connectivity index (χ2n) is 6.69. The van der Waals surface area contributed by atoms with E-state index in [1.807, 2.05) is 0 Å². The summed E-state index contributed by atoms with van der Waals surface area (Å²) < 4.78 is 0. The number of nitrogens with two attached hydrogens (primary N) is 2. The molecule has 142 valence electrons. The van der Waals surface area contributed by atoms with Gasteiger partial charge in [-0.1, -0.05) is 57.1 Å². The molecule has 0 heterocycles. The highest BCUT2D eigenvalue weighted by Gasteiger charge is 1.94. The molecular weight excluding hydrogens is 298 g/mol. The fourth-order valence-corrected chi connectivity index (χ4v) is 2.77. The second kappa shape index (κ2) is 20.2. The quantitative estimate of drug-likeness (QED) is 0.245. The zero-order chi connectivity index (χ0) is 17.7. The Kier molecular flexibility index (Phi) is 19.4. The lowest BCUT2D eigenvalue weighted by atomic mass is 10.1. The van der Waals surface area contributed by atoms with Gasteiger partial charge in [-0.05, 0) is 45.1 Å². The van der Waals surface area contributed by atoms with Crippen LogP contribution in [0.5, 0.6) is 0 Å². The van der Waals surface area contributed by atoms with Crippen LogP contribution < -0.4 is 16.8 Å². The van der Waals surface area contributed by atoms with E-state index >= 15 is 0 Å². The van der Waals surface area contributed by atoms with Crippen molar-refractivity contribution in [2.45, 2.75) is 89.9 Å². The van der Waals surface area contributed by atoms with Crippen LogP contribution in [0.25, 0.3) is 0 Å². The maximum absolute atomic E-state index is 10.6. The van der Waals surface area contributed by atoms with E-state index in [0.29, 0.717) is 6.42 Å². The van der Waals surface area contributed by atoms with Gasteiger partial charge in [0.05, 0.1) is 0 Å². The number of allylic oxidation sites excluding steroid dienone is 2. The van der Waals surface area contributed by atoms with Gasteiger partial charge in [0.15, 0.2) is 0 Å². The van der Waals surface area contributed by atoms with Gasteiger partial charge >= 0.3 is 0 Å². The van der Waals surface area contributed by atoms with Gasteiger partial charge in [-0.25, -0.2) is 0 Å². The van der Waals surface area contributed by atoms with Gasteiger partial charge in [-0.2, -0.15) is 0 Å². The monoisotopic (exact) mass is 339 g/mol. The predicted molar refractivity (Wildman–Crippen MR) is 105 cm³/mol. The molecule has 0 rings (SSSR count). The first kappa shape index (κ1) is 23.1. The molecule has 0 unspecified atom stereocenters. The summed E-state index contributed by atoms with van der Waals surface area (Å²) in [5, 5.41) is 3.34. The number of rotatable bonds is 19. The van der Waals surface area contributed by atoms with E-state index in [2.05, 4.69) is 17.5 Å². The van der Waals surface area contributed by atoms with Crippen LogP contribution >= 0.6 is 0 Å². The van der Waals surface area contributed by atoms with Crippen molar-refractivity contribution in [3.05, 3.63) is 12.2 Å². The summed E-state index contributed by atoms with van der Waals surface area (Å²) >= 11 is 0. The van der Waals surface area contributed by atoms with Crippen LogP contribution in [0.3, 0.4) is 0 Å². The number of amides is 1. The lowest BCUT2D eigenvalue weighted by Gasteiger charge is -2.03. The average Bonchev–Trinajstić information content (AvgIpc) is 2.56. The maximum atomic E-state index is 10.6. The van der Waals surface area contributed by atoms with Crippen molar-refractivity contribution in [3.63, 3.8) is 0 Å². The van der Waals surface area contributed by atoms with E-state index in [-0.39, 0.29) is 5.91 Å². The van der Waals surface area contributed by atoms with E-state index in [0.717, 1.165) is 32.5 Å². The Balaban J connectivity index is 3.07. The van der Waals surface area contributed by atoms with Crippen molar-refractivity contribution in [3.8, 4) is 0 Å². The Hall–Kier alpha value is -0.870. The summed E-state index contributed by atoms with van der Waals surface area (Å²) in [6.07, 6.45) is 21.6. The summed E-state index contributed by atoms with van der Waals surface area (Å²) in [5.41, 5.74) is 10.5. The van der Waals surface area contributed by atoms with Crippen molar-refractivity contribution < 1.29 is 4.79 Å². The largest absolute Gasteiger partial charge is 0.370 e. The van der Waals surface area contributed by atoms with Gasteiger partial charge in [0.1, 0.15) is 0 Å². The van der Waals surface area contributed by atoms with Crippen LogP contribution in [-0.4, -0.2) is 25.5 Å². The molecule has 0 fully saturated rings. The Bertz CT molecular complexity index is 293. The fraction of sp³-hybridized carbons (Fsp3) is 0.850. The number of primary amides is 1. The van der Waals surface area contributed by atoms with Gasteiger partial charge in [-0.3, -0.25) is 4.79 Å². The summed E-state index contributed by atoms with van der Waals surface area (Å²) in [4.78, 5) is 10.6. The minimum atomic E-state index is -0.169. The number of hydrogen-bond donors (Lipinski definition) is 3. The molecule has 4 heteroatoms. The van der Waals surface area contributed by atoms with Crippen molar-refractivity contribution in [2.24, 2.45) is 11.5 Å². The first-order valence-corrected chi connectivity index (χ1v) is 10.1. The van der Waals surface area contributed by atoms with Crippen molar-refractivity contribution >= 4 is 5.91 Å². The molecule has 4 nitrogen and oxygen atoms in total. The summed E-state index contributed by atoms with van der Waals surface area (Å²) in [6, 6.07) is 0. The van der Waals surface area contributed by atoms with Crippen LogP contribution in [0.15, 0.2) is 12.2 Å². The molecule has 0 aromatic carbocycles. The highest BCUT2D eigenvalue weighted by Crippen LogP contribution is 2.09. The molecule has 0 bridgehead atoms. The molecule has 0 spiro atoms. The zero-order valence-electron chi connectivity index (χ0n) is 15.7. The van der Waals surface area contributed by atoms with Gasteiger partial charge in [-0.15, -0.1) is 0 Å². The second-order valence-corrected chi connectivity index (χ2v) is 6.69. The molecular formula is C20H41N3O. The molecule has 0 saturated heterocycles. The molecule has 5 N–H and O–H groups in total. The van der Waals surface area contributed by atoms with E-state index in [1.165, 1.54) is 70.6 Å². The van der Waals surface area contributed by atoms with Crippen molar-refractivity contribution in [1.29, 1.82) is 0 Å². The van der Waals surface area contributed by atoms with E-state index < -0.39 is 0 Å². The molecule has 0 atom stereocenters. The van der Waals surface area contributed by atoms with Crippen LogP contribution in [0, 0.1) is 0 Å². The fourth-order valence-electron chi connectivity index (χ4n) is 2.77. The summed E-state index contributed by atoms with van der Waals surface area (Å²) in [7, 11) is 0. The minimum absolute atomic E-state index is 0.169. The third-order valence-corrected chi connectivity index (χ3v) is 4.26. The minimum Gasteiger partial charge on any atom is -0.370 e. The number of hydrogen-bond acceptors (Lipinski definition) is 3. The molecule has 0 aromatic heterocycles. The Labute approximate surface area is 149 Å². The van der Waals surface area contributed by atoms with E-state index in [1.54, 1.807) is 0 Å². The molecule has 24 heavy (non-hydrogen) atoms. The SMILES string of the molecule is NCCNCCCCCCCCC=CCCCCCCCC(N)=O.